The molecule has 2 nitrogen and oxygen atoms in total. The monoisotopic (exact) mass is 258 g/mol. The number of hydrogen-bond donors (Lipinski definition) is 0. The van der Waals surface area contributed by atoms with Gasteiger partial charge in [0.15, 0.2) is 0 Å². The molecule has 0 saturated carbocycles. The molecule has 1 heterocycles. The first-order chi connectivity index (χ1) is 7.66. The molecule has 16 heavy (non-hydrogen) atoms. The van der Waals surface area contributed by atoms with Crippen LogP contribution in [-0.2, 0) is 0 Å². The Hall–Kier alpha value is -0.440. The van der Waals surface area contributed by atoms with Crippen LogP contribution >= 0.6 is 23.2 Å². The number of anilines is 1. The van der Waals surface area contributed by atoms with Gasteiger partial charge in [-0.2, -0.15) is 0 Å². The lowest BCUT2D eigenvalue weighted by atomic mass is 10.2. The van der Waals surface area contributed by atoms with Crippen LogP contribution in [0.1, 0.15) is 6.92 Å². The van der Waals surface area contributed by atoms with Crippen LogP contribution in [0.2, 0.25) is 5.02 Å². The number of hydrogen-bond acceptors (Lipinski definition) is 2. The normalized spacial score (nSPS) is 19.8. The van der Waals surface area contributed by atoms with Crippen molar-refractivity contribution in [1.29, 1.82) is 0 Å². The molecule has 0 bridgehead atoms. The summed E-state index contributed by atoms with van der Waals surface area (Å²) in [5.74, 6) is 0. The van der Waals surface area contributed by atoms with Crippen LogP contribution in [0.3, 0.4) is 0 Å². The van der Waals surface area contributed by atoms with Gasteiger partial charge in [0.25, 0.3) is 0 Å². The maximum atomic E-state index is 6.06. The standard InChI is InChI=1S/C12H16Cl2N2/c1-10(13)15-6-8-16(9-7-15)12-4-2-11(14)3-5-12/h2-5,10H,6-9H2,1H3. The molecule has 1 aliphatic rings. The molecule has 1 aliphatic heterocycles. The summed E-state index contributed by atoms with van der Waals surface area (Å²) in [6, 6.07) is 8.02. The Labute approximate surface area is 107 Å². The Morgan fingerprint density at radius 3 is 2.12 bits per heavy atom. The van der Waals surface area contributed by atoms with Gasteiger partial charge in [-0.25, -0.2) is 0 Å². The number of halogens is 2. The van der Waals surface area contributed by atoms with Crippen molar-refractivity contribution in [1.82, 2.24) is 4.90 Å². The number of rotatable bonds is 2. The number of benzene rings is 1. The SMILES string of the molecule is CC(Cl)N1CCN(c2ccc(Cl)cc2)CC1. The fourth-order valence-electron chi connectivity index (χ4n) is 1.99. The molecule has 4 heteroatoms. The fourth-order valence-corrected chi connectivity index (χ4v) is 2.31. The number of alkyl halides is 1. The summed E-state index contributed by atoms with van der Waals surface area (Å²) < 4.78 is 0. The molecule has 1 unspecified atom stereocenters. The van der Waals surface area contributed by atoms with Gasteiger partial charge in [0.1, 0.15) is 0 Å². The van der Waals surface area contributed by atoms with Crippen molar-refractivity contribution in [2.24, 2.45) is 0 Å². The van der Waals surface area contributed by atoms with Crippen LogP contribution in [0.5, 0.6) is 0 Å². The second-order valence-electron chi connectivity index (χ2n) is 4.07. The van der Waals surface area contributed by atoms with E-state index in [0.29, 0.717) is 0 Å². The van der Waals surface area contributed by atoms with Gasteiger partial charge in [-0.1, -0.05) is 11.6 Å². The van der Waals surface area contributed by atoms with Gasteiger partial charge in [-0.3, -0.25) is 4.90 Å². The summed E-state index contributed by atoms with van der Waals surface area (Å²) in [4.78, 5) is 4.65. The van der Waals surface area contributed by atoms with Gasteiger partial charge in [-0.05, 0) is 31.2 Å². The maximum absolute atomic E-state index is 6.06. The second-order valence-corrected chi connectivity index (χ2v) is 5.14. The largest absolute Gasteiger partial charge is 0.369 e. The van der Waals surface area contributed by atoms with Crippen molar-refractivity contribution in [3.63, 3.8) is 0 Å². The van der Waals surface area contributed by atoms with Crippen molar-refractivity contribution < 1.29 is 0 Å². The molecule has 1 saturated heterocycles. The van der Waals surface area contributed by atoms with Gasteiger partial charge in [0, 0.05) is 36.9 Å². The van der Waals surface area contributed by atoms with Crippen LogP contribution in [-0.4, -0.2) is 36.6 Å². The highest BCUT2D eigenvalue weighted by molar-refractivity contribution is 6.30. The van der Waals surface area contributed by atoms with E-state index in [1.807, 2.05) is 19.1 Å². The first-order valence-electron chi connectivity index (χ1n) is 5.55. The molecule has 0 aromatic heterocycles. The molecule has 88 valence electrons. The summed E-state index contributed by atoms with van der Waals surface area (Å²) >= 11 is 11.9. The van der Waals surface area contributed by atoms with E-state index >= 15 is 0 Å². The third kappa shape index (κ3) is 2.82. The Morgan fingerprint density at radius 2 is 1.62 bits per heavy atom. The zero-order valence-corrected chi connectivity index (χ0v) is 10.9. The lowest BCUT2D eigenvalue weighted by Crippen LogP contribution is -2.48. The molecule has 0 spiro atoms. The van der Waals surface area contributed by atoms with E-state index in [0.717, 1.165) is 31.2 Å². The number of nitrogens with zero attached hydrogens (tertiary/aromatic N) is 2. The zero-order chi connectivity index (χ0) is 11.5. The first kappa shape index (κ1) is 12.0. The van der Waals surface area contributed by atoms with Crippen molar-refractivity contribution in [3.8, 4) is 0 Å². The van der Waals surface area contributed by atoms with Crippen molar-refractivity contribution in [2.45, 2.75) is 12.4 Å². The molecular weight excluding hydrogens is 243 g/mol. The summed E-state index contributed by atoms with van der Waals surface area (Å²) in [6.45, 7) is 6.12. The molecule has 1 aromatic rings. The van der Waals surface area contributed by atoms with Crippen LogP contribution in [0.15, 0.2) is 24.3 Å². The Bertz CT molecular complexity index is 329. The zero-order valence-electron chi connectivity index (χ0n) is 9.37. The van der Waals surface area contributed by atoms with Crippen LogP contribution < -0.4 is 4.90 Å². The smallest absolute Gasteiger partial charge is 0.0823 e. The van der Waals surface area contributed by atoms with Crippen LogP contribution in [0.4, 0.5) is 5.69 Å². The minimum atomic E-state index is 0.132. The van der Waals surface area contributed by atoms with E-state index in [1.54, 1.807) is 0 Å². The molecule has 1 aromatic carbocycles. The molecule has 2 rings (SSSR count). The lowest BCUT2D eigenvalue weighted by Gasteiger charge is -2.37. The second kappa shape index (κ2) is 5.26. The number of piperazine rings is 1. The van der Waals surface area contributed by atoms with E-state index in [2.05, 4.69) is 21.9 Å². The summed E-state index contributed by atoms with van der Waals surface area (Å²) in [6.07, 6.45) is 0. The van der Waals surface area contributed by atoms with Crippen LogP contribution in [0.25, 0.3) is 0 Å². The fraction of sp³-hybridized carbons (Fsp3) is 0.500. The van der Waals surface area contributed by atoms with Crippen molar-refractivity contribution >= 4 is 28.9 Å². The minimum Gasteiger partial charge on any atom is -0.369 e. The Morgan fingerprint density at radius 1 is 1.06 bits per heavy atom. The molecule has 1 atom stereocenters. The minimum absolute atomic E-state index is 0.132. The molecule has 0 aliphatic carbocycles. The van der Waals surface area contributed by atoms with Crippen molar-refractivity contribution in [3.05, 3.63) is 29.3 Å². The summed E-state index contributed by atoms with van der Waals surface area (Å²) in [7, 11) is 0. The van der Waals surface area contributed by atoms with E-state index in [1.165, 1.54) is 5.69 Å². The van der Waals surface area contributed by atoms with E-state index in [4.69, 9.17) is 23.2 Å². The lowest BCUT2D eigenvalue weighted by molar-refractivity contribution is 0.247. The highest BCUT2D eigenvalue weighted by atomic mass is 35.5. The van der Waals surface area contributed by atoms with E-state index < -0.39 is 0 Å². The third-order valence-corrected chi connectivity index (χ3v) is 3.54. The predicted molar refractivity (Wildman–Crippen MR) is 70.6 cm³/mol. The van der Waals surface area contributed by atoms with Crippen molar-refractivity contribution in [2.75, 3.05) is 31.1 Å². The molecule has 0 amide bonds. The first-order valence-corrected chi connectivity index (χ1v) is 6.37. The predicted octanol–water partition coefficient (Wildman–Crippen LogP) is 3.05. The summed E-state index contributed by atoms with van der Waals surface area (Å²) in [5.41, 5.74) is 1.37. The Kier molecular flexibility index (Phi) is 3.95. The van der Waals surface area contributed by atoms with E-state index in [-0.39, 0.29) is 5.50 Å². The highest BCUT2D eigenvalue weighted by Gasteiger charge is 2.19. The van der Waals surface area contributed by atoms with Gasteiger partial charge >= 0.3 is 0 Å². The topological polar surface area (TPSA) is 6.48 Å². The van der Waals surface area contributed by atoms with Gasteiger partial charge in [-0.15, -0.1) is 11.6 Å². The average Bonchev–Trinajstić information content (AvgIpc) is 2.30. The summed E-state index contributed by atoms with van der Waals surface area (Å²) in [5, 5.41) is 0.789. The molecule has 0 radical (unpaired) electrons. The van der Waals surface area contributed by atoms with E-state index in [9.17, 15) is 0 Å². The van der Waals surface area contributed by atoms with Gasteiger partial charge < -0.3 is 4.90 Å². The Balaban J connectivity index is 1.96. The molecule has 0 N–H and O–H groups in total. The molecule has 1 fully saturated rings. The van der Waals surface area contributed by atoms with Gasteiger partial charge in [0.05, 0.1) is 5.50 Å². The van der Waals surface area contributed by atoms with Gasteiger partial charge in [0.2, 0.25) is 0 Å². The van der Waals surface area contributed by atoms with Crippen LogP contribution in [0, 0.1) is 0 Å². The maximum Gasteiger partial charge on any atom is 0.0823 e. The molecular formula is C12H16Cl2N2. The third-order valence-electron chi connectivity index (χ3n) is 3.01. The quantitative estimate of drug-likeness (QED) is 0.595. The average molecular weight is 259 g/mol. The highest BCUT2D eigenvalue weighted by Crippen LogP contribution is 2.20.